The van der Waals surface area contributed by atoms with E-state index in [1.807, 2.05) is 13.8 Å². The Hall–Kier alpha value is -0.533. The van der Waals surface area contributed by atoms with Crippen LogP contribution in [0.4, 0.5) is 0 Å². The highest BCUT2D eigenvalue weighted by Gasteiger charge is 2.42. The fraction of sp³-hybridized carbons (Fsp3) is 0.727. The molecule has 0 rings (SSSR count). The van der Waals surface area contributed by atoms with Crippen molar-refractivity contribution in [2.24, 2.45) is 0 Å². The van der Waals surface area contributed by atoms with Gasteiger partial charge >= 0.3 is 8.80 Å². The topological polar surface area (TPSA) is 65.0 Å². The maximum atomic E-state index is 11.4. The first kappa shape index (κ1) is 16.5. The van der Waals surface area contributed by atoms with Gasteiger partial charge in [0, 0.05) is 25.9 Å². The van der Waals surface area contributed by atoms with E-state index in [1.54, 1.807) is 6.92 Å². The van der Waals surface area contributed by atoms with Gasteiger partial charge in [-0.1, -0.05) is 6.58 Å². The molecule has 0 radical (unpaired) electrons. The van der Waals surface area contributed by atoms with E-state index >= 15 is 0 Å². The lowest BCUT2D eigenvalue weighted by molar-refractivity contribution is -0.122. The van der Waals surface area contributed by atoms with Gasteiger partial charge in [0.1, 0.15) is 6.10 Å². The minimum atomic E-state index is -2.96. The van der Waals surface area contributed by atoms with Crippen molar-refractivity contribution in [1.29, 1.82) is 0 Å². The largest absolute Gasteiger partial charge is 0.503 e. The molecule has 0 aliphatic carbocycles. The predicted molar refractivity (Wildman–Crippen MR) is 66.6 cm³/mol. The Morgan fingerprint density at radius 3 is 2.29 bits per heavy atom. The molecule has 17 heavy (non-hydrogen) atoms. The average Bonchev–Trinajstić information content (AvgIpc) is 2.28. The first-order valence-corrected chi connectivity index (χ1v) is 7.71. The molecule has 0 bridgehead atoms. The van der Waals surface area contributed by atoms with Gasteiger partial charge in [0.05, 0.1) is 0 Å². The molecule has 0 fully saturated rings. The first-order valence-electron chi connectivity index (χ1n) is 5.78. The number of aliphatic hydroxyl groups excluding tert-OH is 1. The van der Waals surface area contributed by atoms with E-state index < -0.39 is 14.9 Å². The number of ketones is 1. The van der Waals surface area contributed by atoms with Crippen LogP contribution in [0.1, 0.15) is 20.8 Å². The molecule has 1 N–H and O–H groups in total. The van der Waals surface area contributed by atoms with Crippen molar-refractivity contribution in [3.63, 3.8) is 0 Å². The second-order valence-corrected chi connectivity index (χ2v) is 6.07. The predicted octanol–water partition coefficient (Wildman–Crippen LogP) is 1.15. The third kappa shape index (κ3) is 5.56. The van der Waals surface area contributed by atoms with Gasteiger partial charge in [-0.2, -0.15) is 0 Å². The van der Waals surface area contributed by atoms with Gasteiger partial charge in [-0.15, -0.1) is 0 Å². The summed E-state index contributed by atoms with van der Waals surface area (Å²) in [6.07, 6.45) is 0.546. The van der Waals surface area contributed by atoms with E-state index in [4.69, 9.17) is 18.4 Å². The summed E-state index contributed by atoms with van der Waals surface area (Å²) in [6, 6.07) is 0.281. The Labute approximate surface area is 104 Å². The highest BCUT2D eigenvalue weighted by molar-refractivity contribution is 6.61. The molecular weight excluding hydrogens is 240 g/mol. The van der Waals surface area contributed by atoms with E-state index in [1.165, 1.54) is 6.08 Å². The molecule has 0 aliphatic heterocycles. The molecule has 6 heteroatoms. The number of carbonyl (C=O) groups is 1. The van der Waals surface area contributed by atoms with Crippen molar-refractivity contribution < 1.29 is 23.2 Å². The van der Waals surface area contributed by atoms with Gasteiger partial charge < -0.3 is 18.4 Å². The highest BCUT2D eigenvalue weighted by Crippen LogP contribution is 2.18. The zero-order valence-corrected chi connectivity index (χ0v) is 11.8. The van der Waals surface area contributed by atoms with Gasteiger partial charge in [-0.25, -0.2) is 0 Å². The summed E-state index contributed by atoms with van der Waals surface area (Å²) >= 11 is 0. The van der Waals surface area contributed by atoms with Crippen molar-refractivity contribution in [2.45, 2.75) is 32.9 Å². The molecule has 0 amide bonds. The Morgan fingerprint density at radius 2 is 1.94 bits per heavy atom. The summed E-state index contributed by atoms with van der Waals surface area (Å²) in [6.45, 7) is 9.41. The monoisotopic (exact) mass is 262 g/mol. The van der Waals surface area contributed by atoms with E-state index in [9.17, 15) is 4.79 Å². The smallest absolute Gasteiger partial charge is 0.396 e. The van der Waals surface area contributed by atoms with Crippen molar-refractivity contribution in [3.8, 4) is 0 Å². The average molecular weight is 262 g/mol. The Morgan fingerprint density at radius 1 is 1.41 bits per heavy atom. The normalized spacial score (nSPS) is 13.4. The van der Waals surface area contributed by atoms with Crippen molar-refractivity contribution in [1.82, 2.24) is 0 Å². The van der Waals surface area contributed by atoms with Crippen LogP contribution in [0.15, 0.2) is 12.7 Å². The highest BCUT2D eigenvalue weighted by atomic mass is 28.4. The van der Waals surface area contributed by atoms with Crippen molar-refractivity contribution in [2.75, 3.05) is 19.8 Å². The lowest BCUT2D eigenvalue weighted by Crippen LogP contribution is -2.50. The molecular formula is C11H22O5Si. The van der Waals surface area contributed by atoms with Gasteiger partial charge in [0.15, 0.2) is 5.78 Å². The van der Waals surface area contributed by atoms with Crippen LogP contribution in [0.25, 0.3) is 0 Å². The van der Waals surface area contributed by atoms with Crippen LogP contribution in [0.3, 0.4) is 0 Å². The molecule has 1 atom stereocenters. The molecule has 0 heterocycles. The third-order valence-electron chi connectivity index (χ3n) is 2.10. The molecule has 0 aromatic heterocycles. The maximum absolute atomic E-state index is 11.4. The first-order chi connectivity index (χ1) is 8.05. The van der Waals surface area contributed by atoms with E-state index in [0.717, 1.165) is 0 Å². The quantitative estimate of drug-likeness (QED) is 0.472. The van der Waals surface area contributed by atoms with Crippen molar-refractivity contribution in [3.05, 3.63) is 12.7 Å². The zero-order valence-electron chi connectivity index (χ0n) is 10.8. The van der Waals surface area contributed by atoms with Crippen LogP contribution in [-0.2, 0) is 18.1 Å². The Bertz CT molecular complexity index is 227. The van der Waals surface area contributed by atoms with Crippen LogP contribution < -0.4 is 0 Å². The maximum Gasteiger partial charge on any atom is 0.503 e. The molecule has 0 aromatic carbocycles. The molecule has 1 unspecified atom stereocenters. The number of rotatable bonds is 10. The minimum absolute atomic E-state index is 0.0960. The lowest BCUT2D eigenvalue weighted by Gasteiger charge is -2.30. The number of carbonyl (C=O) groups excluding carboxylic acids is 1. The number of hydrogen-bond donors (Lipinski definition) is 1. The molecule has 0 spiro atoms. The molecule has 0 saturated carbocycles. The van der Waals surface area contributed by atoms with Crippen LogP contribution >= 0.6 is 0 Å². The summed E-state index contributed by atoms with van der Waals surface area (Å²) in [5.41, 5.74) is 0. The number of hydrogen-bond acceptors (Lipinski definition) is 5. The standard InChI is InChI=1S/C11H22O5Si/c1-5-11(13)10(4)16-17(9-8-12,14-6-2)15-7-3/h5,10,12H,1,6-9H2,2-4H3. The molecule has 0 aromatic rings. The van der Waals surface area contributed by atoms with E-state index in [2.05, 4.69) is 6.58 Å². The summed E-state index contributed by atoms with van der Waals surface area (Å²) in [5, 5.41) is 9.05. The summed E-state index contributed by atoms with van der Waals surface area (Å²) in [5.74, 6) is -0.223. The van der Waals surface area contributed by atoms with E-state index in [-0.39, 0.29) is 18.4 Å². The summed E-state index contributed by atoms with van der Waals surface area (Å²) < 4.78 is 16.7. The van der Waals surface area contributed by atoms with Crippen LogP contribution in [0.5, 0.6) is 0 Å². The summed E-state index contributed by atoms with van der Waals surface area (Å²) in [4.78, 5) is 11.4. The van der Waals surface area contributed by atoms with Gasteiger partial charge in [-0.05, 0) is 26.8 Å². The second kappa shape index (κ2) is 8.54. The van der Waals surface area contributed by atoms with Crippen molar-refractivity contribution >= 4 is 14.6 Å². The zero-order chi connectivity index (χ0) is 13.3. The molecule has 100 valence electrons. The minimum Gasteiger partial charge on any atom is -0.396 e. The molecule has 0 saturated heterocycles. The van der Waals surface area contributed by atoms with Gasteiger partial charge in [-0.3, -0.25) is 4.79 Å². The molecule has 5 nitrogen and oxygen atoms in total. The second-order valence-electron chi connectivity index (χ2n) is 3.39. The van der Waals surface area contributed by atoms with Crippen LogP contribution in [0.2, 0.25) is 6.04 Å². The van der Waals surface area contributed by atoms with Crippen LogP contribution in [0, 0.1) is 0 Å². The Balaban J connectivity index is 4.74. The molecule has 0 aliphatic rings. The van der Waals surface area contributed by atoms with E-state index in [0.29, 0.717) is 13.2 Å². The van der Waals surface area contributed by atoms with Gasteiger partial charge in [0.2, 0.25) is 0 Å². The van der Waals surface area contributed by atoms with Gasteiger partial charge in [0.25, 0.3) is 0 Å². The Kier molecular flexibility index (Phi) is 8.27. The third-order valence-corrected chi connectivity index (χ3v) is 5.11. The number of aliphatic hydroxyl groups is 1. The fourth-order valence-corrected chi connectivity index (χ4v) is 3.82. The SMILES string of the molecule is C=CC(=O)C(C)O[Si](CCO)(OCC)OCC. The summed E-state index contributed by atoms with van der Waals surface area (Å²) in [7, 11) is -2.96. The lowest BCUT2D eigenvalue weighted by atomic mass is 10.3. The fourth-order valence-electron chi connectivity index (χ4n) is 1.38. The van der Waals surface area contributed by atoms with Crippen LogP contribution in [-0.4, -0.2) is 45.6 Å².